The summed E-state index contributed by atoms with van der Waals surface area (Å²) in [6, 6.07) is 0. The van der Waals surface area contributed by atoms with Crippen molar-refractivity contribution in [3.05, 3.63) is 10.6 Å². The molecule has 0 spiro atoms. The minimum Gasteiger partial charge on any atom is -0.285 e. The number of nitrogens with zero attached hydrogens (tertiary/aromatic N) is 1. The van der Waals surface area contributed by atoms with Gasteiger partial charge in [-0.25, -0.2) is 4.98 Å². The summed E-state index contributed by atoms with van der Waals surface area (Å²) < 4.78 is 0.518. The number of H-pyrrole nitrogens is 2. The Hall–Kier alpha value is -0.640. The van der Waals surface area contributed by atoms with Crippen LogP contribution in [0.2, 0.25) is 0 Å². The van der Waals surface area contributed by atoms with Crippen molar-refractivity contribution in [2.45, 2.75) is 26.2 Å². The quantitative estimate of drug-likeness (QED) is 0.564. The number of aromatic nitrogens is 3. The zero-order valence-electron chi connectivity index (χ0n) is 6.36. The molecule has 1 aromatic heterocycles. The SMILES string of the molecule is CC(C)(C)c1nc(=S)[nH][nH]1. The van der Waals surface area contributed by atoms with E-state index in [-0.39, 0.29) is 5.41 Å². The van der Waals surface area contributed by atoms with Gasteiger partial charge in [-0.3, -0.25) is 10.2 Å². The van der Waals surface area contributed by atoms with Crippen LogP contribution in [0.1, 0.15) is 26.6 Å². The van der Waals surface area contributed by atoms with E-state index in [1.54, 1.807) is 0 Å². The molecule has 0 unspecified atom stereocenters. The van der Waals surface area contributed by atoms with E-state index in [1.807, 2.05) is 0 Å². The van der Waals surface area contributed by atoms with Gasteiger partial charge in [-0.05, 0) is 12.2 Å². The van der Waals surface area contributed by atoms with Gasteiger partial charge in [0.2, 0.25) is 4.77 Å². The number of aromatic amines is 2. The molecule has 10 heavy (non-hydrogen) atoms. The molecule has 3 nitrogen and oxygen atoms in total. The van der Waals surface area contributed by atoms with Gasteiger partial charge in [0.25, 0.3) is 0 Å². The van der Waals surface area contributed by atoms with Gasteiger partial charge in [0, 0.05) is 5.41 Å². The van der Waals surface area contributed by atoms with E-state index in [1.165, 1.54) is 0 Å². The lowest BCUT2D eigenvalue weighted by Gasteiger charge is -2.12. The zero-order valence-corrected chi connectivity index (χ0v) is 7.17. The van der Waals surface area contributed by atoms with Crippen LogP contribution in [0, 0.1) is 4.77 Å². The maximum Gasteiger partial charge on any atom is 0.213 e. The van der Waals surface area contributed by atoms with Crippen molar-refractivity contribution in [3.63, 3.8) is 0 Å². The molecule has 1 rings (SSSR count). The van der Waals surface area contributed by atoms with E-state index in [2.05, 4.69) is 36.0 Å². The lowest BCUT2D eigenvalue weighted by atomic mass is 9.96. The van der Waals surface area contributed by atoms with Gasteiger partial charge in [-0.1, -0.05) is 20.8 Å². The fourth-order valence-electron chi connectivity index (χ4n) is 0.625. The molecule has 0 atom stereocenters. The highest BCUT2D eigenvalue weighted by Gasteiger charge is 2.16. The van der Waals surface area contributed by atoms with E-state index in [0.29, 0.717) is 4.77 Å². The minimum absolute atomic E-state index is 0.0492. The molecule has 0 bridgehead atoms. The Balaban J connectivity index is 3.07. The Morgan fingerprint density at radius 2 is 1.90 bits per heavy atom. The van der Waals surface area contributed by atoms with Crippen LogP contribution >= 0.6 is 12.2 Å². The van der Waals surface area contributed by atoms with E-state index < -0.39 is 0 Å². The van der Waals surface area contributed by atoms with Gasteiger partial charge in [0.1, 0.15) is 5.82 Å². The van der Waals surface area contributed by atoms with Crippen molar-refractivity contribution in [3.8, 4) is 0 Å². The average molecular weight is 157 g/mol. The summed E-state index contributed by atoms with van der Waals surface area (Å²) in [4.78, 5) is 4.09. The van der Waals surface area contributed by atoms with Gasteiger partial charge in [0.05, 0.1) is 0 Å². The predicted octanol–water partition coefficient (Wildman–Crippen LogP) is 1.76. The molecule has 2 N–H and O–H groups in total. The smallest absolute Gasteiger partial charge is 0.213 e. The third-order valence-electron chi connectivity index (χ3n) is 1.21. The monoisotopic (exact) mass is 157 g/mol. The van der Waals surface area contributed by atoms with Gasteiger partial charge in [-0.15, -0.1) is 0 Å². The average Bonchev–Trinajstić information content (AvgIpc) is 2.11. The normalized spacial score (nSPS) is 11.9. The molecule has 0 aliphatic heterocycles. The molecule has 0 amide bonds. The van der Waals surface area contributed by atoms with Gasteiger partial charge in [0.15, 0.2) is 0 Å². The number of hydrogen-bond acceptors (Lipinski definition) is 2. The highest BCUT2D eigenvalue weighted by molar-refractivity contribution is 7.71. The van der Waals surface area contributed by atoms with Crippen molar-refractivity contribution >= 4 is 12.2 Å². The van der Waals surface area contributed by atoms with Crippen LogP contribution in [0.25, 0.3) is 0 Å². The standard InChI is InChI=1S/C6H11N3S/c1-6(2,3)4-7-5(10)9-8-4/h1-3H3,(H2,7,8,9,10). The fraction of sp³-hybridized carbons (Fsp3) is 0.667. The Kier molecular flexibility index (Phi) is 1.64. The summed E-state index contributed by atoms with van der Waals surface area (Å²) in [7, 11) is 0. The maximum absolute atomic E-state index is 4.80. The van der Waals surface area contributed by atoms with E-state index >= 15 is 0 Å². The summed E-state index contributed by atoms with van der Waals surface area (Å²) in [5, 5.41) is 5.66. The molecule has 1 aromatic rings. The summed E-state index contributed by atoms with van der Waals surface area (Å²) in [6.45, 7) is 6.23. The van der Waals surface area contributed by atoms with Gasteiger partial charge < -0.3 is 0 Å². The second-order valence-electron chi connectivity index (χ2n) is 3.27. The number of hydrogen-bond donors (Lipinski definition) is 2. The van der Waals surface area contributed by atoms with Crippen molar-refractivity contribution in [1.82, 2.24) is 15.2 Å². The molecule has 0 aromatic carbocycles. The first kappa shape index (κ1) is 7.47. The third-order valence-corrected chi connectivity index (χ3v) is 1.40. The largest absolute Gasteiger partial charge is 0.285 e. The molecule has 0 saturated carbocycles. The van der Waals surface area contributed by atoms with Gasteiger partial charge in [-0.2, -0.15) is 0 Å². The van der Waals surface area contributed by atoms with Crippen molar-refractivity contribution in [2.24, 2.45) is 0 Å². The molecule has 0 fully saturated rings. The Morgan fingerprint density at radius 3 is 2.10 bits per heavy atom. The second-order valence-corrected chi connectivity index (χ2v) is 3.65. The maximum atomic E-state index is 4.80. The first-order valence-electron chi connectivity index (χ1n) is 3.15. The highest BCUT2D eigenvalue weighted by Crippen LogP contribution is 2.16. The fourth-order valence-corrected chi connectivity index (χ4v) is 0.768. The number of nitrogens with one attached hydrogen (secondary N) is 2. The number of rotatable bonds is 0. The predicted molar refractivity (Wildman–Crippen MR) is 42.5 cm³/mol. The summed E-state index contributed by atoms with van der Waals surface area (Å²) >= 11 is 4.80. The molecule has 4 heteroatoms. The van der Waals surface area contributed by atoms with E-state index in [4.69, 9.17) is 12.2 Å². The topological polar surface area (TPSA) is 44.5 Å². The van der Waals surface area contributed by atoms with Crippen LogP contribution in [0.5, 0.6) is 0 Å². The zero-order chi connectivity index (χ0) is 7.78. The molecular weight excluding hydrogens is 146 g/mol. The molecule has 0 saturated heterocycles. The molecule has 0 radical (unpaired) electrons. The van der Waals surface area contributed by atoms with Crippen LogP contribution in [0.3, 0.4) is 0 Å². The Morgan fingerprint density at radius 1 is 1.30 bits per heavy atom. The summed E-state index contributed by atoms with van der Waals surface area (Å²) in [5.41, 5.74) is 0.0492. The molecule has 0 aliphatic rings. The minimum atomic E-state index is 0.0492. The molecule has 56 valence electrons. The Bertz CT molecular complexity index is 265. The lowest BCUT2D eigenvalue weighted by Crippen LogP contribution is -2.13. The Labute approximate surface area is 64.9 Å². The van der Waals surface area contributed by atoms with E-state index in [9.17, 15) is 0 Å². The van der Waals surface area contributed by atoms with Crippen molar-refractivity contribution in [2.75, 3.05) is 0 Å². The molecule has 0 aliphatic carbocycles. The van der Waals surface area contributed by atoms with Crippen LogP contribution < -0.4 is 0 Å². The second kappa shape index (κ2) is 2.20. The van der Waals surface area contributed by atoms with Crippen LogP contribution in [-0.2, 0) is 5.41 Å². The first-order chi connectivity index (χ1) is 4.50. The van der Waals surface area contributed by atoms with Crippen molar-refractivity contribution < 1.29 is 0 Å². The highest BCUT2D eigenvalue weighted by atomic mass is 32.1. The van der Waals surface area contributed by atoms with Gasteiger partial charge >= 0.3 is 0 Å². The lowest BCUT2D eigenvalue weighted by molar-refractivity contribution is 0.548. The van der Waals surface area contributed by atoms with E-state index in [0.717, 1.165) is 5.82 Å². The van der Waals surface area contributed by atoms with Crippen LogP contribution in [0.15, 0.2) is 0 Å². The summed E-state index contributed by atoms with van der Waals surface area (Å²) in [5.74, 6) is 0.900. The molecular formula is C6H11N3S. The first-order valence-corrected chi connectivity index (χ1v) is 3.56. The van der Waals surface area contributed by atoms with Crippen molar-refractivity contribution in [1.29, 1.82) is 0 Å². The van der Waals surface area contributed by atoms with Crippen LogP contribution in [-0.4, -0.2) is 15.2 Å². The van der Waals surface area contributed by atoms with Crippen LogP contribution in [0.4, 0.5) is 0 Å². The molecule has 1 heterocycles. The summed E-state index contributed by atoms with van der Waals surface area (Å²) in [6.07, 6.45) is 0. The third kappa shape index (κ3) is 1.44.